The highest BCUT2D eigenvalue weighted by Crippen LogP contribution is 2.38. The van der Waals surface area contributed by atoms with E-state index in [1.54, 1.807) is 7.11 Å². The molecule has 0 radical (unpaired) electrons. The van der Waals surface area contributed by atoms with Crippen LogP contribution in [0.15, 0.2) is 61.6 Å². The number of amides is 1. The standard InChI is InChI=1S/C28H34N8O2/c1-7-28(37)33-22-14-23(26(38-6)16-25(22)35(4)12-8-11-34(2)3)32-27-15-21(29-18-30-27)19-9-10-20-17-31-36(5)24(20)13-19/h7,9-10,13-18H,1,8,11-12H2,2-6H3,(H,33,37)(H,29,30,32). The van der Waals surface area contributed by atoms with Gasteiger partial charge in [0.2, 0.25) is 5.91 Å². The molecular formula is C28H34N8O2. The van der Waals surface area contributed by atoms with Crippen molar-refractivity contribution in [3.05, 3.63) is 61.6 Å². The number of fused-ring (bicyclic) bond motifs is 1. The first kappa shape index (κ1) is 26.6. The largest absolute Gasteiger partial charge is 0.494 e. The second-order valence-corrected chi connectivity index (χ2v) is 9.30. The first-order valence-electron chi connectivity index (χ1n) is 12.3. The molecule has 0 bridgehead atoms. The van der Waals surface area contributed by atoms with Crippen LogP contribution in [-0.4, -0.2) is 71.9 Å². The summed E-state index contributed by atoms with van der Waals surface area (Å²) in [4.78, 5) is 25.4. The summed E-state index contributed by atoms with van der Waals surface area (Å²) in [6.07, 6.45) is 5.58. The van der Waals surface area contributed by atoms with Gasteiger partial charge in [0, 0.05) is 43.7 Å². The van der Waals surface area contributed by atoms with E-state index in [-0.39, 0.29) is 5.91 Å². The molecule has 10 nitrogen and oxygen atoms in total. The fraction of sp³-hybridized carbons (Fsp3) is 0.286. The van der Waals surface area contributed by atoms with Gasteiger partial charge in [-0.25, -0.2) is 9.97 Å². The predicted octanol–water partition coefficient (Wildman–Crippen LogP) is 4.29. The van der Waals surface area contributed by atoms with Crippen molar-refractivity contribution < 1.29 is 9.53 Å². The lowest BCUT2D eigenvalue weighted by atomic mass is 10.1. The average molecular weight is 515 g/mol. The van der Waals surface area contributed by atoms with Crippen LogP contribution in [0.5, 0.6) is 5.75 Å². The highest BCUT2D eigenvalue weighted by Gasteiger charge is 2.16. The summed E-state index contributed by atoms with van der Waals surface area (Å²) in [6, 6.07) is 11.7. The molecule has 0 aliphatic heterocycles. The minimum atomic E-state index is -0.293. The molecule has 0 atom stereocenters. The summed E-state index contributed by atoms with van der Waals surface area (Å²) >= 11 is 0. The van der Waals surface area contributed by atoms with Gasteiger partial charge in [0.25, 0.3) is 0 Å². The summed E-state index contributed by atoms with van der Waals surface area (Å²) in [5.41, 5.74) is 4.87. The quantitative estimate of drug-likeness (QED) is 0.286. The number of methoxy groups -OCH3 is 1. The first-order chi connectivity index (χ1) is 18.3. The van der Waals surface area contributed by atoms with E-state index < -0.39 is 0 Å². The van der Waals surface area contributed by atoms with Crippen LogP contribution < -0.4 is 20.3 Å². The highest BCUT2D eigenvalue weighted by molar-refractivity contribution is 6.02. The van der Waals surface area contributed by atoms with Crippen LogP contribution >= 0.6 is 0 Å². The molecule has 198 valence electrons. The number of hydrogen-bond acceptors (Lipinski definition) is 8. The number of aryl methyl sites for hydroxylation is 1. The van der Waals surface area contributed by atoms with E-state index >= 15 is 0 Å². The van der Waals surface area contributed by atoms with Crippen molar-refractivity contribution in [2.75, 3.05) is 56.9 Å². The molecule has 0 fully saturated rings. The zero-order valence-electron chi connectivity index (χ0n) is 22.5. The second kappa shape index (κ2) is 11.7. The molecule has 0 saturated carbocycles. The fourth-order valence-corrected chi connectivity index (χ4v) is 4.20. The SMILES string of the molecule is C=CC(=O)Nc1cc(Nc2cc(-c3ccc4cnn(C)c4c3)ncn2)c(OC)cc1N(C)CCCN(C)C. The Bertz CT molecular complexity index is 1450. The van der Waals surface area contributed by atoms with E-state index in [1.807, 2.05) is 55.3 Å². The van der Waals surface area contributed by atoms with Crippen LogP contribution in [0.4, 0.5) is 22.9 Å². The monoisotopic (exact) mass is 514 g/mol. The Morgan fingerprint density at radius 2 is 1.92 bits per heavy atom. The molecule has 0 saturated heterocycles. The van der Waals surface area contributed by atoms with Crippen LogP contribution in [0, 0.1) is 0 Å². The summed E-state index contributed by atoms with van der Waals surface area (Å²) < 4.78 is 7.56. The number of nitrogens with one attached hydrogen (secondary N) is 2. The maximum Gasteiger partial charge on any atom is 0.247 e. The number of rotatable bonds is 11. The third-order valence-corrected chi connectivity index (χ3v) is 6.25. The van der Waals surface area contributed by atoms with Gasteiger partial charge in [-0.05, 0) is 45.3 Å². The third-order valence-electron chi connectivity index (χ3n) is 6.25. The van der Waals surface area contributed by atoms with Crippen molar-refractivity contribution in [1.29, 1.82) is 0 Å². The van der Waals surface area contributed by atoms with Crippen molar-refractivity contribution in [1.82, 2.24) is 24.6 Å². The van der Waals surface area contributed by atoms with Crippen LogP contribution in [0.2, 0.25) is 0 Å². The van der Waals surface area contributed by atoms with E-state index in [0.717, 1.165) is 47.4 Å². The van der Waals surface area contributed by atoms with Gasteiger partial charge >= 0.3 is 0 Å². The number of benzene rings is 2. The van der Waals surface area contributed by atoms with Gasteiger partial charge in [0.1, 0.15) is 17.9 Å². The Morgan fingerprint density at radius 1 is 1.11 bits per heavy atom. The van der Waals surface area contributed by atoms with Crippen LogP contribution in [-0.2, 0) is 11.8 Å². The Hall–Kier alpha value is -4.44. The Labute approximate surface area is 222 Å². The second-order valence-electron chi connectivity index (χ2n) is 9.30. The average Bonchev–Trinajstić information content (AvgIpc) is 3.28. The van der Waals surface area contributed by atoms with Gasteiger partial charge < -0.3 is 25.2 Å². The Morgan fingerprint density at radius 3 is 2.66 bits per heavy atom. The van der Waals surface area contributed by atoms with Crippen molar-refractivity contribution in [2.24, 2.45) is 7.05 Å². The van der Waals surface area contributed by atoms with Crippen LogP contribution in [0.1, 0.15) is 6.42 Å². The summed E-state index contributed by atoms with van der Waals surface area (Å²) in [5.74, 6) is 0.915. The maximum atomic E-state index is 12.2. The van der Waals surface area contributed by atoms with E-state index in [1.165, 1.54) is 12.4 Å². The zero-order chi connectivity index (χ0) is 27.2. The molecule has 10 heteroatoms. The van der Waals surface area contributed by atoms with Crippen LogP contribution in [0.25, 0.3) is 22.2 Å². The van der Waals surface area contributed by atoms with Crippen LogP contribution in [0.3, 0.4) is 0 Å². The maximum absolute atomic E-state index is 12.2. The zero-order valence-corrected chi connectivity index (χ0v) is 22.5. The molecule has 2 aromatic carbocycles. The third kappa shape index (κ3) is 6.09. The van der Waals surface area contributed by atoms with Crippen molar-refractivity contribution in [2.45, 2.75) is 6.42 Å². The Balaban J connectivity index is 1.65. The first-order valence-corrected chi connectivity index (χ1v) is 12.3. The van der Waals surface area contributed by atoms with Gasteiger partial charge in [-0.2, -0.15) is 5.10 Å². The van der Waals surface area contributed by atoms with E-state index in [0.29, 0.717) is 22.9 Å². The van der Waals surface area contributed by atoms with Crippen molar-refractivity contribution in [3.63, 3.8) is 0 Å². The molecule has 2 heterocycles. The highest BCUT2D eigenvalue weighted by atomic mass is 16.5. The number of carbonyl (C=O) groups is 1. The van der Waals surface area contributed by atoms with Gasteiger partial charge in [-0.15, -0.1) is 0 Å². The van der Waals surface area contributed by atoms with Gasteiger partial charge in [0.15, 0.2) is 0 Å². The molecule has 38 heavy (non-hydrogen) atoms. The lowest BCUT2D eigenvalue weighted by Crippen LogP contribution is -2.24. The van der Waals surface area contributed by atoms with Crippen molar-refractivity contribution >= 4 is 39.7 Å². The molecular weight excluding hydrogens is 480 g/mol. The number of hydrogen-bond donors (Lipinski definition) is 2. The van der Waals surface area contributed by atoms with Gasteiger partial charge in [-0.3, -0.25) is 9.48 Å². The topological polar surface area (TPSA) is 100 Å². The molecule has 0 aliphatic rings. The van der Waals surface area contributed by atoms with E-state index in [9.17, 15) is 4.79 Å². The Kier molecular flexibility index (Phi) is 8.22. The lowest BCUT2D eigenvalue weighted by molar-refractivity contribution is -0.111. The number of carbonyl (C=O) groups excluding carboxylic acids is 1. The fourth-order valence-electron chi connectivity index (χ4n) is 4.20. The molecule has 2 N–H and O–H groups in total. The summed E-state index contributed by atoms with van der Waals surface area (Å²) in [7, 11) is 9.63. The molecule has 4 rings (SSSR count). The lowest BCUT2D eigenvalue weighted by Gasteiger charge is -2.25. The minimum absolute atomic E-state index is 0.293. The summed E-state index contributed by atoms with van der Waals surface area (Å²) in [5, 5.41) is 11.6. The number of aromatic nitrogens is 4. The molecule has 0 aliphatic carbocycles. The van der Waals surface area contributed by atoms with Crippen molar-refractivity contribution in [3.8, 4) is 17.0 Å². The van der Waals surface area contributed by atoms with E-state index in [4.69, 9.17) is 4.74 Å². The van der Waals surface area contributed by atoms with E-state index in [2.05, 4.69) is 62.2 Å². The smallest absolute Gasteiger partial charge is 0.247 e. The molecule has 0 spiro atoms. The molecule has 0 unspecified atom stereocenters. The molecule has 1 amide bonds. The number of ether oxygens (including phenoxy) is 1. The number of anilines is 4. The number of nitrogens with zero attached hydrogens (tertiary/aromatic N) is 6. The summed E-state index contributed by atoms with van der Waals surface area (Å²) in [6.45, 7) is 5.35. The predicted molar refractivity (Wildman–Crippen MR) is 153 cm³/mol. The van der Waals surface area contributed by atoms with Gasteiger partial charge in [-0.1, -0.05) is 18.7 Å². The van der Waals surface area contributed by atoms with Gasteiger partial charge in [0.05, 0.1) is 41.6 Å². The normalized spacial score (nSPS) is 11.0. The minimum Gasteiger partial charge on any atom is -0.494 e. The molecule has 4 aromatic rings. The molecule has 2 aromatic heterocycles.